The highest BCUT2D eigenvalue weighted by Crippen LogP contribution is 2.48. The molecule has 1 saturated carbocycles. The Morgan fingerprint density at radius 3 is 2.08 bits per heavy atom. The summed E-state index contributed by atoms with van der Waals surface area (Å²) in [6.07, 6.45) is 1.77. The van der Waals surface area contributed by atoms with E-state index in [4.69, 9.17) is 10.0 Å². The zero-order valence-electron chi connectivity index (χ0n) is 6.77. The van der Waals surface area contributed by atoms with Gasteiger partial charge in [-0.15, -0.1) is 0 Å². The third-order valence-electron chi connectivity index (χ3n) is 2.63. The van der Waals surface area contributed by atoms with Gasteiger partial charge < -0.3 is 10.0 Å². The van der Waals surface area contributed by atoms with Crippen LogP contribution >= 0.6 is 0 Å². The summed E-state index contributed by atoms with van der Waals surface area (Å²) >= 11 is 0. The molecule has 1 aromatic rings. The van der Waals surface area contributed by atoms with Gasteiger partial charge in [0.25, 0.3) is 0 Å². The fourth-order valence-corrected chi connectivity index (χ4v) is 1.60. The van der Waals surface area contributed by atoms with Crippen LogP contribution in [0, 0.1) is 0 Å². The van der Waals surface area contributed by atoms with E-state index in [-0.39, 0.29) is 5.31 Å². The van der Waals surface area contributed by atoms with Crippen LogP contribution in [0.2, 0.25) is 0 Å². The first kappa shape index (κ1) is 7.83. The summed E-state index contributed by atoms with van der Waals surface area (Å²) in [4.78, 5) is 0. The summed E-state index contributed by atoms with van der Waals surface area (Å²) in [5.74, 6) is 0. The molecule has 0 spiro atoms. The van der Waals surface area contributed by atoms with E-state index in [1.807, 2.05) is 30.3 Å². The van der Waals surface area contributed by atoms with Gasteiger partial charge in [-0.3, -0.25) is 0 Å². The Labute approximate surface area is 72.0 Å². The summed E-state index contributed by atoms with van der Waals surface area (Å²) < 4.78 is 0. The lowest BCUT2D eigenvalue weighted by Crippen LogP contribution is -2.30. The van der Waals surface area contributed by atoms with E-state index < -0.39 is 7.12 Å². The highest BCUT2D eigenvalue weighted by molar-refractivity contribution is 6.47. The molecule has 1 aliphatic rings. The molecule has 0 aliphatic heterocycles. The molecule has 2 rings (SSSR count). The minimum atomic E-state index is -1.21. The number of rotatable bonds is 2. The van der Waals surface area contributed by atoms with Gasteiger partial charge >= 0.3 is 7.12 Å². The third kappa shape index (κ3) is 1.06. The van der Waals surface area contributed by atoms with Crippen molar-refractivity contribution in [2.45, 2.75) is 18.2 Å². The van der Waals surface area contributed by atoms with Gasteiger partial charge in [-0.25, -0.2) is 0 Å². The van der Waals surface area contributed by atoms with Crippen LogP contribution in [-0.2, 0) is 5.31 Å². The van der Waals surface area contributed by atoms with Crippen LogP contribution < -0.4 is 0 Å². The molecule has 0 atom stereocenters. The van der Waals surface area contributed by atoms with Crippen LogP contribution in [-0.4, -0.2) is 17.2 Å². The lowest BCUT2D eigenvalue weighted by molar-refractivity contribution is 0.383. The predicted molar refractivity (Wildman–Crippen MR) is 47.5 cm³/mol. The maximum absolute atomic E-state index is 9.15. The quantitative estimate of drug-likeness (QED) is 0.629. The van der Waals surface area contributed by atoms with Crippen molar-refractivity contribution in [2.24, 2.45) is 0 Å². The van der Waals surface area contributed by atoms with Crippen molar-refractivity contribution in [1.29, 1.82) is 0 Å². The lowest BCUT2D eigenvalue weighted by atomic mass is 9.65. The molecule has 2 nitrogen and oxygen atoms in total. The maximum Gasteiger partial charge on any atom is 0.462 e. The third-order valence-corrected chi connectivity index (χ3v) is 2.63. The molecular weight excluding hydrogens is 151 g/mol. The van der Waals surface area contributed by atoms with Gasteiger partial charge in [0.15, 0.2) is 0 Å². The molecule has 0 unspecified atom stereocenters. The lowest BCUT2D eigenvalue weighted by Gasteiger charge is -2.13. The van der Waals surface area contributed by atoms with Gasteiger partial charge in [-0.05, 0) is 18.4 Å². The van der Waals surface area contributed by atoms with E-state index in [1.165, 1.54) is 0 Å². The maximum atomic E-state index is 9.15. The van der Waals surface area contributed by atoms with Crippen LogP contribution in [0.5, 0.6) is 0 Å². The average Bonchev–Trinajstić information content (AvgIpc) is 2.86. The molecule has 0 heterocycles. The Bertz CT molecular complexity index is 267. The molecule has 0 aromatic heterocycles. The van der Waals surface area contributed by atoms with Crippen LogP contribution in [0.15, 0.2) is 30.3 Å². The van der Waals surface area contributed by atoms with Gasteiger partial charge in [0, 0.05) is 5.31 Å². The molecule has 0 saturated heterocycles. The molecule has 0 radical (unpaired) electrons. The van der Waals surface area contributed by atoms with Crippen molar-refractivity contribution in [1.82, 2.24) is 0 Å². The summed E-state index contributed by atoms with van der Waals surface area (Å²) in [6, 6.07) is 9.69. The van der Waals surface area contributed by atoms with E-state index >= 15 is 0 Å². The molecule has 62 valence electrons. The highest BCUT2D eigenvalue weighted by Gasteiger charge is 2.53. The average molecular weight is 162 g/mol. The number of hydrogen-bond acceptors (Lipinski definition) is 2. The Morgan fingerprint density at radius 1 is 1.08 bits per heavy atom. The smallest absolute Gasteiger partial charge is 0.426 e. The fraction of sp³-hybridized carbons (Fsp3) is 0.333. The molecule has 12 heavy (non-hydrogen) atoms. The molecule has 1 aromatic carbocycles. The van der Waals surface area contributed by atoms with Gasteiger partial charge in [0.2, 0.25) is 0 Å². The minimum absolute atomic E-state index is 0.346. The molecule has 0 amide bonds. The Morgan fingerprint density at radius 2 is 1.67 bits per heavy atom. The van der Waals surface area contributed by atoms with Crippen molar-refractivity contribution in [3.63, 3.8) is 0 Å². The van der Waals surface area contributed by atoms with Crippen molar-refractivity contribution < 1.29 is 10.0 Å². The van der Waals surface area contributed by atoms with E-state index in [1.54, 1.807) is 0 Å². The Hall–Kier alpha value is -0.795. The van der Waals surface area contributed by atoms with Crippen molar-refractivity contribution in [3.05, 3.63) is 35.9 Å². The fourth-order valence-electron chi connectivity index (χ4n) is 1.60. The first-order valence-corrected chi connectivity index (χ1v) is 4.17. The molecule has 3 heteroatoms. The molecule has 2 N–H and O–H groups in total. The molecular formula is C9H11BO2. The SMILES string of the molecule is OB(O)C1(c2ccccc2)CC1. The van der Waals surface area contributed by atoms with Gasteiger partial charge in [0.1, 0.15) is 0 Å². The van der Waals surface area contributed by atoms with Crippen LogP contribution in [0.3, 0.4) is 0 Å². The monoisotopic (exact) mass is 162 g/mol. The zero-order valence-corrected chi connectivity index (χ0v) is 6.77. The summed E-state index contributed by atoms with van der Waals surface area (Å²) in [6.45, 7) is 0. The van der Waals surface area contributed by atoms with Crippen LogP contribution in [0.25, 0.3) is 0 Å². The summed E-state index contributed by atoms with van der Waals surface area (Å²) in [5.41, 5.74) is 1.04. The van der Waals surface area contributed by atoms with Crippen molar-refractivity contribution in [2.75, 3.05) is 0 Å². The summed E-state index contributed by atoms with van der Waals surface area (Å²) in [7, 11) is -1.21. The van der Waals surface area contributed by atoms with Crippen LogP contribution in [0.4, 0.5) is 0 Å². The zero-order chi connectivity index (χ0) is 8.60. The predicted octanol–water partition coefficient (Wildman–Crippen LogP) is 0.730. The van der Waals surface area contributed by atoms with E-state index in [2.05, 4.69) is 0 Å². The summed E-state index contributed by atoms with van der Waals surface area (Å²) in [5, 5.41) is 18.0. The second kappa shape index (κ2) is 2.61. The Kier molecular flexibility index (Phi) is 1.70. The second-order valence-corrected chi connectivity index (χ2v) is 3.40. The van der Waals surface area contributed by atoms with E-state index in [0.717, 1.165) is 18.4 Å². The van der Waals surface area contributed by atoms with Gasteiger partial charge in [0.05, 0.1) is 0 Å². The second-order valence-electron chi connectivity index (χ2n) is 3.40. The van der Waals surface area contributed by atoms with Gasteiger partial charge in [-0.2, -0.15) is 0 Å². The normalized spacial score (nSPS) is 18.8. The number of benzene rings is 1. The van der Waals surface area contributed by atoms with E-state index in [0.29, 0.717) is 0 Å². The van der Waals surface area contributed by atoms with Gasteiger partial charge in [-0.1, -0.05) is 30.3 Å². The molecule has 1 aliphatic carbocycles. The van der Waals surface area contributed by atoms with Crippen molar-refractivity contribution >= 4 is 7.12 Å². The standard InChI is InChI=1S/C9H11BO2/c11-10(12)9(6-7-9)8-4-2-1-3-5-8/h1-5,11-12H,6-7H2. The van der Waals surface area contributed by atoms with Crippen LogP contribution in [0.1, 0.15) is 18.4 Å². The largest absolute Gasteiger partial charge is 0.462 e. The van der Waals surface area contributed by atoms with E-state index in [9.17, 15) is 0 Å². The highest BCUT2D eigenvalue weighted by atomic mass is 16.4. The number of hydrogen-bond donors (Lipinski definition) is 2. The van der Waals surface area contributed by atoms with Crippen molar-refractivity contribution in [3.8, 4) is 0 Å². The molecule has 0 bridgehead atoms. The molecule has 1 fully saturated rings. The first-order valence-electron chi connectivity index (χ1n) is 4.17. The Balaban J connectivity index is 2.31. The first-order chi connectivity index (χ1) is 5.76. The topological polar surface area (TPSA) is 40.5 Å². The minimum Gasteiger partial charge on any atom is -0.426 e.